The van der Waals surface area contributed by atoms with E-state index in [0.717, 1.165) is 11.3 Å². The van der Waals surface area contributed by atoms with E-state index in [1.165, 1.54) is 5.56 Å². The monoisotopic (exact) mass is 206 g/mol. The maximum Gasteiger partial charge on any atom is 0.359 e. The van der Waals surface area contributed by atoms with E-state index in [-0.39, 0.29) is 11.1 Å². The lowest BCUT2D eigenvalue weighted by Gasteiger charge is -2.38. The Bertz CT molecular complexity index is 417. The van der Waals surface area contributed by atoms with Crippen LogP contribution in [-0.4, -0.2) is 29.3 Å². The molecule has 0 radical (unpaired) electrons. The van der Waals surface area contributed by atoms with Crippen molar-refractivity contribution in [1.29, 1.82) is 0 Å². The zero-order chi connectivity index (χ0) is 11.1. The Labute approximate surface area is 88.7 Å². The number of likely N-dealkylation sites (N-methyl/N-ethyl adjacent to an activating group) is 1. The van der Waals surface area contributed by atoms with Crippen LogP contribution in [0.5, 0.6) is 0 Å². The van der Waals surface area contributed by atoms with Crippen LogP contribution in [0.4, 0.5) is 5.69 Å². The molecule has 0 aromatic heterocycles. The third-order valence-electron chi connectivity index (χ3n) is 2.57. The van der Waals surface area contributed by atoms with E-state index in [4.69, 9.17) is 5.11 Å². The maximum atomic E-state index is 10.7. The first-order valence-electron chi connectivity index (χ1n) is 4.88. The highest BCUT2D eigenvalue weighted by Gasteiger charge is 2.25. The van der Waals surface area contributed by atoms with Crippen LogP contribution in [0.25, 0.3) is 5.43 Å². The molecule has 4 nitrogen and oxygen atoms in total. The van der Waals surface area contributed by atoms with Crippen molar-refractivity contribution in [1.82, 2.24) is 0 Å². The van der Waals surface area contributed by atoms with Crippen LogP contribution in [0, 0.1) is 6.92 Å². The van der Waals surface area contributed by atoms with Crippen molar-refractivity contribution in [3.05, 3.63) is 34.8 Å². The Kier molecular flexibility index (Phi) is 2.16. The SMILES string of the molecule is Cc1ccc2c(c1)C[N+](C)(CC(=O)O)[N-]2. The maximum absolute atomic E-state index is 10.7. The normalized spacial score (nSPS) is 23.3. The molecule has 1 aliphatic rings. The number of carbonyl (C=O) groups is 1. The summed E-state index contributed by atoms with van der Waals surface area (Å²) in [5.74, 6) is -0.814. The van der Waals surface area contributed by atoms with Crippen LogP contribution < -0.4 is 0 Å². The number of benzene rings is 1. The summed E-state index contributed by atoms with van der Waals surface area (Å²) in [6.45, 7) is 2.73. The number of carboxylic acids is 1. The fourth-order valence-electron chi connectivity index (χ4n) is 1.98. The van der Waals surface area contributed by atoms with Crippen molar-refractivity contribution in [2.45, 2.75) is 13.5 Å². The summed E-state index contributed by atoms with van der Waals surface area (Å²) in [6.07, 6.45) is 0. The van der Waals surface area contributed by atoms with Crippen LogP contribution in [0.2, 0.25) is 0 Å². The van der Waals surface area contributed by atoms with Crippen molar-refractivity contribution in [3.63, 3.8) is 0 Å². The lowest BCUT2D eigenvalue weighted by atomic mass is 10.1. The third-order valence-corrected chi connectivity index (χ3v) is 2.57. The summed E-state index contributed by atoms with van der Waals surface area (Å²) < 4.78 is 0.216. The fourth-order valence-corrected chi connectivity index (χ4v) is 1.98. The van der Waals surface area contributed by atoms with Crippen LogP contribution in [0.3, 0.4) is 0 Å². The average Bonchev–Trinajstić information content (AvgIpc) is 2.38. The van der Waals surface area contributed by atoms with E-state index in [9.17, 15) is 4.79 Å². The predicted octanol–water partition coefficient (Wildman–Crippen LogP) is 1.96. The van der Waals surface area contributed by atoms with Crippen molar-refractivity contribution in [3.8, 4) is 0 Å². The van der Waals surface area contributed by atoms with Gasteiger partial charge in [-0.25, -0.2) is 4.79 Å². The van der Waals surface area contributed by atoms with Gasteiger partial charge in [0.1, 0.15) is 0 Å². The molecule has 0 amide bonds. The number of hydrogen-bond acceptors (Lipinski definition) is 1. The quantitative estimate of drug-likeness (QED) is 0.752. The lowest BCUT2D eigenvalue weighted by Crippen LogP contribution is -2.39. The number of carboxylic acid groups (broad SMARTS) is 1. The van der Waals surface area contributed by atoms with Gasteiger partial charge in [0.15, 0.2) is 6.54 Å². The molecule has 1 N–H and O–H groups in total. The third kappa shape index (κ3) is 1.94. The molecule has 1 aromatic carbocycles. The minimum absolute atomic E-state index is 0.0354. The molecular formula is C11H14N2O2. The number of fused-ring (bicyclic) bond motifs is 1. The van der Waals surface area contributed by atoms with E-state index in [2.05, 4.69) is 11.5 Å². The van der Waals surface area contributed by atoms with Crippen molar-refractivity contribution in [2.24, 2.45) is 0 Å². The Morgan fingerprint density at radius 2 is 2.33 bits per heavy atom. The first-order valence-corrected chi connectivity index (χ1v) is 4.88. The van der Waals surface area contributed by atoms with Gasteiger partial charge < -0.3 is 15.1 Å². The number of hydrogen-bond donors (Lipinski definition) is 1. The summed E-state index contributed by atoms with van der Waals surface area (Å²) in [7, 11) is 1.84. The number of nitrogens with zero attached hydrogens (tertiary/aromatic N) is 2. The van der Waals surface area contributed by atoms with Gasteiger partial charge in [0.2, 0.25) is 0 Å². The summed E-state index contributed by atoms with van der Waals surface area (Å²) in [4.78, 5) is 10.7. The number of quaternary nitrogens is 1. The molecule has 4 heteroatoms. The van der Waals surface area contributed by atoms with Gasteiger partial charge in [-0.3, -0.25) is 0 Å². The van der Waals surface area contributed by atoms with E-state index in [1.54, 1.807) is 0 Å². The second-order valence-corrected chi connectivity index (χ2v) is 4.28. The van der Waals surface area contributed by atoms with Crippen LogP contribution in [0.1, 0.15) is 11.1 Å². The molecule has 1 unspecified atom stereocenters. The second kappa shape index (κ2) is 3.24. The van der Waals surface area contributed by atoms with Crippen molar-refractivity contribution < 1.29 is 14.5 Å². The van der Waals surface area contributed by atoms with Gasteiger partial charge in [0, 0.05) is 0 Å². The molecular weight excluding hydrogens is 192 g/mol. The molecule has 0 aliphatic carbocycles. The molecule has 80 valence electrons. The van der Waals surface area contributed by atoms with Crippen LogP contribution in [0.15, 0.2) is 18.2 Å². The zero-order valence-electron chi connectivity index (χ0n) is 8.90. The number of aliphatic carboxylic acids is 1. The molecule has 0 saturated carbocycles. The minimum atomic E-state index is -0.814. The average molecular weight is 206 g/mol. The first-order chi connectivity index (χ1) is 6.98. The topological polar surface area (TPSA) is 51.4 Å². The molecule has 1 aromatic rings. The largest absolute Gasteiger partial charge is 0.486 e. The molecule has 0 saturated heterocycles. The van der Waals surface area contributed by atoms with Gasteiger partial charge in [-0.15, -0.1) is 0 Å². The van der Waals surface area contributed by atoms with Gasteiger partial charge in [-0.2, -0.15) is 0 Å². The van der Waals surface area contributed by atoms with Crippen molar-refractivity contribution >= 4 is 11.7 Å². The predicted molar refractivity (Wildman–Crippen MR) is 56.6 cm³/mol. The molecule has 2 rings (SSSR count). The van der Waals surface area contributed by atoms with Crippen molar-refractivity contribution in [2.75, 3.05) is 13.6 Å². The molecule has 0 spiro atoms. The molecule has 1 aliphatic heterocycles. The summed E-state index contributed by atoms with van der Waals surface area (Å²) >= 11 is 0. The van der Waals surface area contributed by atoms with Gasteiger partial charge in [-0.1, -0.05) is 29.4 Å². The smallest absolute Gasteiger partial charge is 0.359 e. The van der Waals surface area contributed by atoms with E-state index in [0.29, 0.717) is 6.54 Å². The van der Waals surface area contributed by atoms with Gasteiger partial charge in [0.25, 0.3) is 0 Å². The molecule has 0 bridgehead atoms. The number of aryl methyl sites for hydroxylation is 1. The summed E-state index contributed by atoms with van der Waals surface area (Å²) in [5.41, 5.74) is 7.67. The molecule has 15 heavy (non-hydrogen) atoms. The molecule has 0 fully saturated rings. The Morgan fingerprint density at radius 1 is 1.60 bits per heavy atom. The van der Waals surface area contributed by atoms with E-state index >= 15 is 0 Å². The molecule has 1 heterocycles. The second-order valence-electron chi connectivity index (χ2n) is 4.28. The Balaban J connectivity index is 2.24. The van der Waals surface area contributed by atoms with Crippen LogP contribution >= 0.6 is 0 Å². The highest BCUT2D eigenvalue weighted by molar-refractivity contribution is 5.68. The van der Waals surface area contributed by atoms with Gasteiger partial charge in [-0.05, 0) is 12.5 Å². The fraction of sp³-hybridized carbons (Fsp3) is 0.364. The minimum Gasteiger partial charge on any atom is -0.486 e. The summed E-state index contributed by atoms with van der Waals surface area (Å²) in [5, 5.41) is 8.80. The highest BCUT2D eigenvalue weighted by Crippen LogP contribution is 2.39. The number of rotatable bonds is 2. The Hall–Kier alpha value is -1.55. The van der Waals surface area contributed by atoms with Gasteiger partial charge in [0.05, 0.1) is 13.6 Å². The van der Waals surface area contributed by atoms with Gasteiger partial charge >= 0.3 is 5.97 Å². The first kappa shape index (κ1) is 9.98. The molecule has 1 atom stereocenters. The summed E-state index contributed by atoms with van der Waals surface area (Å²) in [6, 6.07) is 6.03. The highest BCUT2D eigenvalue weighted by atomic mass is 16.4. The van der Waals surface area contributed by atoms with E-state index < -0.39 is 5.97 Å². The Morgan fingerprint density at radius 3 is 3.00 bits per heavy atom. The standard InChI is InChI=1S/C11H14N2O2/c1-8-3-4-10-9(5-8)6-13(2,12-10)7-11(14)15/h3-5H,6-7H2,1-2H3,(H,14,15). The lowest BCUT2D eigenvalue weighted by molar-refractivity contribution is -0.871. The van der Waals surface area contributed by atoms with Crippen LogP contribution in [-0.2, 0) is 11.3 Å². The van der Waals surface area contributed by atoms with E-state index in [1.807, 2.05) is 26.1 Å². The zero-order valence-corrected chi connectivity index (χ0v) is 8.90.